The highest BCUT2D eigenvalue weighted by Gasteiger charge is 2.47. The van der Waals surface area contributed by atoms with Gasteiger partial charge in [0.2, 0.25) is 12.7 Å². The number of benzene rings is 1. The predicted molar refractivity (Wildman–Crippen MR) is 105 cm³/mol. The zero-order valence-corrected chi connectivity index (χ0v) is 16.5. The van der Waals surface area contributed by atoms with E-state index in [1.165, 1.54) is 0 Å². The molecular weight excluding hydrogens is 382 g/mol. The van der Waals surface area contributed by atoms with Crippen LogP contribution >= 0.6 is 12.4 Å². The van der Waals surface area contributed by atoms with Crippen molar-refractivity contribution in [2.24, 2.45) is 11.8 Å². The maximum atomic E-state index is 12.7. The second-order valence-corrected chi connectivity index (χ2v) is 8.02. The third kappa shape index (κ3) is 3.31. The molecule has 7 nitrogen and oxygen atoms in total. The van der Waals surface area contributed by atoms with E-state index in [0.717, 1.165) is 32.4 Å². The number of nitrogens with zero attached hydrogens (tertiary/aromatic N) is 1. The van der Waals surface area contributed by atoms with Crippen LogP contribution in [0.2, 0.25) is 0 Å². The molecule has 8 heteroatoms. The number of rotatable bonds is 3. The van der Waals surface area contributed by atoms with Crippen molar-refractivity contribution in [2.45, 2.75) is 37.8 Å². The molecule has 4 heterocycles. The fourth-order valence-corrected chi connectivity index (χ4v) is 5.23. The normalized spacial score (nSPS) is 30.3. The maximum absolute atomic E-state index is 12.7. The highest BCUT2D eigenvalue weighted by atomic mass is 35.5. The molecule has 1 aromatic carbocycles. The molecule has 1 aromatic rings. The number of halogens is 1. The first-order valence-corrected chi connectivity index (χ1v) is 9.90. The van der Waals surface area contributed by atoms with Gasteiger partial charge in [0.05, 0.1) is 6.04 Å². The Morgan fingerprint density at radius 1 is 1.21 bits per heavy atom. The molecular formula is C20H26ClN3O4. The van der Waals surface area contributed by atoms with Crippen LogP contribution in [0.3, 0.4) is 0 Å². The van der Waals surface area contributed by atoms with Crippen LogP contribution in [0.25, 0.3) is 0 Å². The van der Waals surface area contributed by atoms with E-state index in [-0.39, 0.29) is 37.1 Å². The highest BCUT2D eigenvalue weighted by Crippen LogP contribution is 2.39. The number of carbonyl (C=O) groups is 2. The molecule has 2 bridgehead atoms. The number of fused-ring (bicyclic) bond motifs is 5. The predicted octanol–water partition coefficient (Wildman–Crippen LogP) is 1.56. The van der Waals surface area contributed by atoms with Crippen LogP contribution in [-0.2, 0) is 4.79 Å². The van der Waals surface area contributed by atoms with Crippen molar-refractivity contribution < 1.29 is 19.1 Å². The first-order chi connectivity index (χ1) is 13.2. The fourth-order valence-electron chi connectivity index (χ4n) is 5.23. The van der Waals surface area contributed by atoms with E-state index in [1.54, 1.807) is 18.2 Å². The lowest BCUT2D eigenvalue weighted by molar-refractivity contribution is -0.148. The van der Waals surface area contributed by atoms with Crippen LogP contribution in [0.1, 0.15) is 36.0 Å². The van der Waals surface area contributed by atoms with E-state index in [4.69, 9.17) is 9.47 Å². The minimum absolute atomic E-state index is 0. The summed E-state index contributed by atoms with van der Waals surface area (Å²) in [6.07, 6.45) is 3.84. The molecule has 4 aliphatic rings. The van der Waals surface area contributed by atoms with Crippen LogP contribution in [0.15, 0.2) is 18.2 Å². The number of nitrogens with one attached hydrogen (secondary N) is 2. The standard InChI is InChI=1S/C20H25N3O4.ClH/c24-19-3-1-2-15-13-6-14(9-21-8-13)16(23(15)19)10-22-20(25)12-4-5-17-18(7-12)27-11-26-17;/h4-5,7,13-16,21H,1-3,6,8-11H2,(H,22,25);1H/t13-,14+,15+,16+;/m1./s1. The summed E-state index contributed by atoms with van der Waals surface area (Å²) in [6.45, 7) is 2.60. The number of amides is 2. The molecule has 3 saturated heterocycles. The number of ether oxygens (including phenoxy) is 2. The van der Waals surface area contributed by atoms with Gasteiger partial charge in [0.25, 0.3) is 5.91 Å². The van der Waals surface area contributed by atoms with Crippen molar-refractivity contribution in [3.63, 3.8) is 0 Å². The van der Waals surface area contributed by atoms with Gasteiger partial charge in [0, 0.05) is 31.1 Å². The van der Waals surface area contributed by atoms with E-state index < -0.39 is 0 Å². The van der Waals surface area contributed by atoms with Crippen molar-refractivity contribution in [1.29, 1.82) is 0 Å². The van der Waals surface area contributed by atoms with Gasteiger partial charge in [-0.1, -0.05) is 0 Å². The minimum Gasteiger partial charge on any atom is -0.454 e. The van der Waals surface area contributed by atoms with E-state index in [0.29, 0.717) is 47.9 Å². The van der Waals surface area contributed by atoms with Gasteiger partial charge in [-0.2, -0.15) is 0 Å². The largest absolute Gasteiger partial charge is 0.454 e. The molecule has 0 saturated carbocycles. The van der Waals surface area contributed by atoms with E-state index >= 15 is 0 Å². The van der Waals surface area contributed by atoms with Gasteiger partial charge in [0.15, 0.2) is 11.5 Å². The molecule has 4 atom stereocenters. The Bertz CT molecular complexity index is 774. The quantitative estimate of drug-likeness (QED) is 0.794. The maximum Gasteiger partial charge on any atom is 0.251 e. The SMILES string of the molecule is Cl.O=C(NC[C@H]1[C@@H]2CNC[C@@H](C2)[C@@H]2CCCC(=O)N21)c1ccc2c(c1)OCO2. The van der Waals surface area contributed by atoms with Crippen LogP contribution < -0.4 is 20.1 Å². The lowest BCUT2D eigenvalue weighted by Gasteiger charge is -2.54. The van der Waals surface area contributed by atoms with Gasteiger partial charge in [-0.25, -0.2) is 0 Å². The van der Waals surface area contributed by atoms with Crippen LogP contribution in [0.5, 0.6) is 11.5 Å². The smallest absolute Gasteiger partial charge is 0.251 e. The first kappa shape index (κ1) is 19.3. The second kappa shape index (κ2) is 7.79. The summed E-state index contributed by atoms with van der Waals surface area (Å²) < 4.78 is 10.7. The summed E-state index contributed by atoms with van der Waals surface area (Å²) in [4.78, 5) is 27.5. The van der Waals surface area contributed by atoms with Crippen LogP contribution in [0.4, 0.5) is 0 Å². The van der Waals surface area contributed by atoms with Crippen molar-refractivity contribution >= 4 is 24.2 Å². The number of carbonyl (C=O) groups excluding carboxylic acids is 2. The van der Waals surface area contributed by atoms with Crippen LogP contribution in [0, 0.1) is 11.8 Å². The summed E-state index contributed by atoms with van der Waals surface area (Å²) in [7, 11) is 0. The molecule has 28 heavy (non-hydrogen) atoms. The van der Waals surface area contributed by atoms with Gasteiger partial charge in [-0.3, -0.25) is 9.59 Å². The topological polar surface area (TPSA) is 79.9 Å². The van der Waals surface area contributed by atoms with Crippen molar-refractivity contribution in [1.82, 2.24) is 15.5 Å². The summed E-state index contributed by atoms with van der Waals surface area (Å²) in [5.74, 6) is 2.34. The summed E-state index contributed by atoms with van der Waals surface area (Å²) in [5, 5.41) is 6.59. The average Bonchev–Trinajstić information content (AvgIpc) is 3.16. The van der Waals surface area contributed by atoms with Crippen molar-refractivity contribution in [3.05, 3.63) is 23.8 Å². The summed E-state index contributed by atoms with van der Waals surface area (Å²) in [6, 6.07) is 5.62. The third-order valence-electron chi connectivity index (χ3n) is 6.51. The van der Waals surface area contributed by atoms with Gasteiger partial charge >= 0.3 is 0 Å². The van der Waals surface area contributed by atoms with Gasteiger partial charge in [-0.05, 0) is 55.8 Å². The average molecular weight is 408 g/mol. The molecule has 2 N–H and O–H groups in total. The Hall–Kier alpha value is -1.99. The fraction of sp³-hybridized carbons (Fsp3) is 0.600. The molecule has 0 radical (unpaired) electrons. The molecule has 4 aliphatic heterocycles. The van der Waals surface area contributed by atoms with E-state index in [9.17, 15) is 9.59 Å². The Kier molecular flexibility index (Phi) is 5.38. The van der Waals surface area contributed by atoms with Gasteiger partial charge in [-0.15, -0.1) is 12.4 Å². The molecule has 3 fully saturated rings. The minimum atomic E-state index is -0.139. The second-order valence-electron chi connectivity index (χ2n) is 8.02. The summed E-state index contributed by atoms with van der Waals surface area (Å²) >= 11 is 0. The lowest BCUT2D eigenvalue weighted by Crippen LogP contribution is -2.66. The van der Waals surface area contributed by atoms with Crippen molar-refractivity contribution in [3.8, 4) is 11.5 Å². The molecule has 0 spiro atoms. The molecule has 0 unspecified atom stereocenters. The van der Waals surface area contributed by atoms with Gasteiger partial charge < -0.3 is 25.0 Å². The number of hydrogen-bond donors (Lipinski definition) is 2. The zero-order chi connectivity index (χ0) is 18.4. The lowest BCUT2D eigenvalue weighted by atomic mass is 9.72. The van der Waals surface area contributed by atoms with Crippen LogP contribution in [-0.4, -0.2) is 55.2 Å². The molecule has 5 rings (SSSR count). The monoisotopic (exact) mass is 407 g/mol. The van der Waals surface area contributed by atoms with Crippen molar-refractivity contribution in [2.75, 3.05) is 26.4 Å². The Morgan fingerprint density at radius 3 is 2.93 bits per heavy atom. The first-order valence-electron chi connectivity index (χ1n) is 9.90. The molecule has 2 amide bonds. The number of piperidine rings is 3. The molecule has 0 aliphatic carbocycles. The summed E-state index contributed by atoms with van der Waals surface area (Å²) in [5.41, 5.74) is 0.552. The van der Waals surface area contributed by atoms with E-state index in [2.05, 4.69) is 15.5 Å². The Labute approximate surface area is 170 Å². The Balaban J connectivity index is 0.00000192. The number of hydrogen-bond acceptors (Lipinski definition) is 5. The van der Waals surface area contributed by atoms with E-state index in [1.807, 2.05) is 0 Å². The third-order valence-corrected chi connectivity index (χ3v) is 6.51. The molecule has 0 aromatic heterocycles. The highest BCUT2D eigenvalue weighted by molar-refractivity contribution is 5.95. The van der Waals surface area contributed by atoms with Gasteiger partial charge in [0.1, 0.15) is 0 Å². The molecule has 152 valence electrons. The zero-order valence-electron chi connectivity index (χ0n) is 15.7. The Morgan fingerprint density at radius 2 is 2.04 bits per heavy atom.